The van der Waals surface area contributed by atoms with Crippen molar-refractivity contribution in [3.05, 3.63) is 29.8 Å². The highest BCUT2D eigenvalue weighted by Gasteiger charge is 2.25. The van der Waals surface area contributed by atoms with Crippen molar-refractivity contribution in [3.8, 4) is 0 Å². The largest absolute Gasteiger partial charge is 0.126 e. The number of rotatable bonds is 6. The van der Waals surface area contributed by atoms with Crippen LogP contribution in [0, 0.1) is 0 Å². The van der Waals surface area contributed by atoms with Crippen LogP contribution in [-0.2, 0) is 0 Å². The van der Waals surface area contributed by atoms with E-state index in [9.17, 15) is 0 Å². The molecule has 0 N–H and O–H groups in total. The highest BCUT2D eigenvalue weighted by atomic mass is 32.2. The number of hydrogen-bond acceptors (Lipinski definition) is 1. The molecule has 0 amide bonds. The van der Waals surface area contributed by atoms with Crippen LogP contribution >= 0.6 is 11.8 Å². The molecule has 2 rings (SSSR count). The van der Waals surface area contributed by atoms with Crippen LogP contribution in [-0.4, -0.2) is 5.75 Å². The van der Waals surface area contributed by atoms with Crippen LogP contribution in [0.2, 0.25) is 0 Å². The van der Waals surface area contributed by atoms with E-state index in [1.165, 1.54) is 42.8 Å². The SMILES string of the molecule is CCCCCSc1ccccc1C1CC1. The van der Waals surface area contributed by atoms with Gasteiger partial charge < -0.3 is 0 Å². The van der Waals surface area contributed by atoms with E-state index in [0.717, 1.165) is 5.92 Å². The maximum absolute atomic E-state index is 2.32. The van der Waals surface area contributed by atoms with E-state index < -0.39 is 0 Å². The minimum Gasteiger partial charge on any atom is -0.126 e. The van der Waals surface area contributed by atoms with Crippen LogP contribution in [0.3, 0.4) is 0 Å². The minimum atomic E-state index is 0.889. The van der Waals surface area contributed by atoms with E-state index in [-0.39, 0.29) is 0 Å². The third kappa shape index (κ3) is 3.27. The van der Waals surface area contributed by atoms with E-state index in [4.69, 9.17) is 0 Å². The second-order valence-electron chi connectivity index (χ2n) is 4.37. The molecule has 0 atom stereocenters. The molecular weight excluding hydrogens is 200 g/mol. The Balaban J connectivity index is 1.89. The molecule has 0 saturated heterocycles. The van der Waals surface area contributed by atoms with Gasteiger partial charge in [-0.3, -0.25) is 0 Å². The van der Waals surface area contributed by atoms with Gasteiger partial charge in [0, 0.05) is 4.90 Å². The summed E-state index contributed by atoms with van der Waals surface area (Å²) in [4.78, 5) is 1.54. The number of unbranched alkanes of at least 4 members (excludes halogenated alkanes) is 2. The third-order valence-corrected chi connectivity index (χ3v) is 4.12. The van der Waals surface area contributed by atoms with Gasteiger partial charge in [-0.2, -0.15) is 0 Å². The summed E-state index contributed by atoms with van der Waals surface area (Å²) in [5.41, 5.74) is 1.61. The summed E-state index contributed by atoms with van der Waals surface area (Å²) in [5.74, 6) is 2.18. The van der Waals surface area contributed by atoms with Crippen LogP contribution < -0.4 is 0 Å². The standard InChI is InChI=1S/C14H20S/c1-2-3-6-11-15-14-8-5-4-7-13(14)12-9-10-12/h4-5,7-8,12H,2-3,6,9-11H2,1H3. The molecule has 0 bridgehead atoms. The molecular formula is C14H20S. The highest BCUT2D eigenvalue weighted by molar-refractivity contribution is 7.99. The van der Waals surface area contributed by atoms with Crippen molar-refractivity contribution in [1.82, 2.24) is 0 Å². The van der Waals surface area contributed by atoms with Gasteiger partial charge in [-0.1, -0.05) is 38.0 Å². The summed E-state index contributed by atoms with van der Waals surface area (Å²) in [6.07, 6.45) is 6.88. The zero-order valence-corrected chi connectivity index (χ0v) is 10.4. The van der Waals surface area contributed by atoms with Crippen molar-refractivity contribution < 1.29 is 0 Å². The maximum atomic E-state index is 2.32. The Kier molecular flexibility index (Phi) is 4.13. The Morgan fingerprint density at radius 2 is 2.00 bits per heavy atom. The van der Waals surface area contributed by atoms with Crippen LogP contribution in [0.25, 0.3) is 0 Å². The molecule has 0 heterocycles. The minimum absolute atomic E-state index is 0.889. The summed E-state index contributed by atoms with van der Waals surface area (Å²) in [7, 11) is 0. The zero-order valence-electron chi connectivity index (χ0n) is 9.54. The van der Waals surface area contributed by atoms with Gasteiger partial charge in [-0.25, -0.2) is 0 Å². The Hall–Kier alpha value is -0.430. The lowest BCUT2D eigenvalue weighted by atomic mass is 10.1. The van der Waals surface area contributed by atoms with Crippen LogP contribution in [0.5, 0.6) is 0 Å². The fourth-order valence-corrected chi connectivity index (χ4v) is 3.02. The molecule has 0 aliphatic heterocycles. The van der Waals surface area contributed by atoms with Gasteiger partial charge in [0.05, 0.1) is 0 Å². The molecule has 0 radical (unpaired) electrons. The molecule has 1 aromatic rings. The average Bonchev–Trinajstić information content (AvgIpc) is 3.09. The lowest BCUT2D eigenvalue weighted by Crippen LogP contribution is -1.86. The van der Waals surface area contributed by atoms with Crippen molar-refractivity contribution in [2.24, 2.45) is 0 Å². The Morgan fingerprint density at radius 1 is 1.20 bits per heavy atom. The van der Waals surface area contributed by atoms with Crippen molar-refractivity contribution in [1.29, 1.82) is 0 Å². The first-order chi connectivity index (χ1) is 7.42. The van der Waals surface area contributed by atoms with Gasteiger partial charge in [0.25, 0.3) is 0 Å². The number of benzene rings is 1. The fraction of sp³-hybridized carbons (Fsp3) is 0.571. The Morgan fingerprint density at radius 3 is 2.73 bits per heavy atom. The molecule has 1 heteroatoms. The molecule has 0 spiro atoms. The van der Waals surface area contributed by atoms with Crippen molar-refractivity contribution in [2.75, 3.05) is 5.75 Å². The van der Waals surface area contributed by atoms with Crippen molar-refractivity contribution in [3.63, 3.8) is 0 Å². The summed E-state index contributed by atoms with van der Waals surface area (Å²) in [6.45, 7) is 2.27. The summed E-state index contributed by atoms with van der Waals surface area (Å²) in [6, 6.07) is 8.97. The van der Waals surface area contributed by atoms with E-state index >= 15 is 0 Å². The monoisotopic (exact) mass is 220 g/mol. The first kappa shape index (κ1) is 11.1. The predicted molar refractivity (Wildman–Crippen MR) is 68.7 cm³/mol. The van der Waals surface area contributed by atoms with E-state index in [0.29, 0.717) is 0 Å². The fourth-order valence-electron chi connectivity index (χ4n) is 1.88. The predicted octanol–water partition coefficient (Wildman–Crippen LogP) is 4.85. The first-order valence-corrected chi connectivity index (χ1v) is 7.12. The van der Waals surface area contributed by atoms with E-state index in [1.807, 2.05) is 0 Å². The van der Waals surface area contributed by atoms with Gasteiger partial charge in [0.1, 0.15) is 0 Å². The third-order valence-electron chi connectivity index (χ3n) is 2.94. The van der Waals surface area contributed by atoms with E-state index in [1.54, 1.807) is 5.56 Å². The van der Waals surface area contributed by atoms with E-state index in [2.05, 4.69) is 43.0 Å². The molecule has 1 aliphatic rings. The normalized spacial score (nSPS) is 15.5. The van der Waals surface area contributed by atoms with Gasteiger partial charge in [-0.15, -0.1) is 11.8 Å². The molecule has 0 nitrogen and oxygen atoms in total. The van der Waals surface area contributed by atoms with Gasteiger partial charge in [-0.05, 0) is 42.6 Å². The molecule has 0 unspecified atom stereocenters. The number of thioether (sulfide) groups is 1. The first-order valence-electron chi connectivity index (χ1n) is 6.13. The van der Waals surface area contributed by atoms with Crippen LogP contribution in [0.4, 0.5) is 0 Å². The molecule has 0 aromatic heterocycles. The summed E-state index contributed by atoms with van der Waals surface area (Å²) < 4.78 is 0. The summed E-state index contributed by atoms with van der Waals surface area (Å²) in [5, 5.41) is 0. The zero-order chi connectivity index (χ0) is 10.5. The lowest BCUT2D eigenvalue weighted by Gasteiger charge is -2.07. The topological polar surface area (TPSA) is 0 Å². The average molecular weight is 220 g/mol. The van der Waals surface area contributed by atoms with Crippen molar-refractivity contribution >= 4 is 11.8 Å². The van der Waals surface area contributed by atoms with Crippen molar-refractivity contribution in [2.45, 2.75) is 49.8 Å². The number of hydrogen-bond donors (Lipinski definition) is 0. The molecule has 1 aliphatic carbocycles. The van der Waals surface area contributed by atoms with Gasteiger partial charge >= 0.3 is 0 Å². The lowest BCUT2D eigenvalue weighted by molar-refractivity contribution is 0.778. The Bertz CT molecular complexity index is 302. The molecule has 82 valence electrons. The van der Waals surface area contributed by atoms with Crippen LogP contribution in [0.15, 0.2) is 29.2 Å². The molecule has 1 aromatic carbocycles. The highest BCUT2D eigenvalue weighted by Crippen LogP contribution is 2.44. The second kappa shape index (κ2) is 5.60. The second-order valence-corrected chi connectivity index (χ2v) is 5.50. The smallest absolute Gasteiger partial charge is 0.0107 e. The van der Waals surface area contributed by atoms with Gasteiger partial charge in [0.15, 0.2) is 0 Å². The summed E-state index contributed by atoms with van der Waals surface area (Å²) >= 11 is 2.06. The quantitative estimate of drug-likeness (QED) is 0.488. The molecule has 15 heavy (non-hydrogen) atoms. The van der Waals surface area contributed by atoms with Crippen LogP contribution in [0.1, 0.15) is 50.5 Å². The maximum Gasteiger partial charge on any atom is 0.0107 e. The molecule has 1 fully saturated rings. The molecule has 1 saturated carbocycles. The Labute approximate surface area is 97.5 Å². The van der Waals surface area contributed by atoms with Gasteiger partial charge in [0.2, 0.25) is 0 Å².